The minimum Gasteiger partial charge on any atom is -0.481 e. The maximum Gasteiger partial charge on any atom is 0.305 e. The van der Waals surface area contributed by atoms with Crippen molar-refractivity contribution in [2.75, 3.05) is 5.32 Å². The van der Waals surface area contributed by atoms with E-state index >= 15 is 0 Å². The third kappa shape index (κ3) is 2.67. The van der Waals surface area contributed by atoms with E-state index in [0.717, 1.165) is 6.42 Å². The highest BCUT2D eigenvalue weighted by Gasteiger charge is 2.40. The Bertz CT molecular complexity index is 465. The first-order valence-electron chi connectivity index (χ1n) is 5.84. The van der Waals surface area contributed by atoms with Crippen LogP contribution in [0.25, 0.3) is 0 Å². The van der Waals surface area contributed by atoms with Gasteiger partial charge < -0.3 is 16.2 Å². The Kier molecular flexibility index (Phi) is 3.33. The van der Waals surface area contributed by atoms with Crippen LogP contribution >= 0.6 is 0 Å². The van der Waals surface area contributed by atoms with Crippen LogP contribution in [-0.2, 0) is 16.1 Å². The summed E-state index contributed by atoms with van der Waals surface area (Å²) < 4.78 is 1.48. The van der Waals surface area contributed by atoms with Gasteiger partial charge in [0.1, 0.15) is 0 Å². The second-order valence-corrected chi connectivity index (χ2v) is 4.60. The molecule has 2 rings (SSSR count). The molecule has 0 spiro atoms. The Morgan fingerprint density at radius 1 is 1.56 bits per heavy atom. The van der Waals surface area contributed by atoms with Gasteiger partial charge in [-0.15, -0.1) is 0 Å². The smallest absolute Gasteiger partial charge is 0.305 e. The van der Waals surface area contributed by atoms with Gasteiger partial charge in [-0.05, 0) is 19.3 Å². The predicted octanol–water partition coefficient (Wildman–Crippen LogP) is 0.178. The molecule has 0 saturated heterocycles. The number of nitrogens with one attached hydrogen (secondary N) is 1. The SMILES string of the molecule is NC1(C(=O)Nc2cnn(CCC(=O)O)c2)CCC1. The summed E-state index contributed by atoms with van der Waals surface area (Å²) in [7, 11) is 0. The summed E-state index contributed by atoms with van der Waals surface area (Å²) in [5, 5.41) is 15.2. The molecule has 0 atom stereocenters. The van der Waals surface area contributed by atoms with Crippen LogP contribution in [-0.4, -0.2) is 32.3 Å². The second-order valence-electron chi connectivity index (χ2n) is 4.60. The number of carboxylic acid groups (broad SMARTS) is 1. The van der Waals surface area contributed by atoms with Gasteiger partial charge in [0.05, 0.1) is 30.4 Å². The molecule has 1 aliphatic carbocycles. The molecule has 0 bridgehead atoms. The number of aryl methyl sites for hydroxylation is 1. The lowest BCUT2D eigenvalue weighted by Crippen LogP contribution is -2.56. The van der Waals surface area contributed by atoms with Crippen molar-refractivity contribution in [1.29, 1.82) is 0 Å². The van der Waals surface area contributed by atoms with Crippen molar-refractivity contribution in [1.82, 2.24) is 9.78 Å². The summed E-state index contributed by atoms with van der Waals surface area (Å²) in [5.74, 6) is -1.09. The van der Waals surface area contributed by atoms with E-state index in [1.54, 1.807) is 6.20 Å². The molecular formula is C11H16N4O3. The highest BCUT2D eigenvalue weighted by molar-refractivity contribution is 5.98. The number of hydrogen-bond acceptors (Lipinski definition) is 4. The standard InChI is InChI=1S/C11H16N4O3/c12-11(3-1-4-11)10(18)14-8-6-13-15(7-8)5-2-9(16)17/h6-7H,1-5,12H2,(H,14,18)(H,16,17). The van der Waals surface area contributed by atoms with Crippen LogP contribution < -0.4 is 11.1 Å². The van der Waals surface area contributed by atoms with E-state index in [2.05, 4.69) is 10.4 Å². The lowest BCUT2D eigenvalue weighted by Gasteiger charge is -2.35. The number of aliphatic carboxylic acids is 1. The van der Waals surface area contributed by atoms with Gasteiger partial charge in [0.2, 0.25) is 5.91 Å². The molecule has 0 aliphatic heterocycles. The van der Waals surface area contributed by atoms with E-state index in [1.165, 1.54) is 10.9 Å². The van der Waals surface area contributed by atoms with Gasteiger partial charge in [-0.25, -0.2) is 0 Å². The van der Waals surface area contributed by atoms with Gasteiger partial charge in [-0.3, -0.25) is 14.3 Å². The quantitative estimate of drug-likeness (QED) is 0.692. The third-order valence-corrected chi connectivity index (χ3v) is 3.14. The van der Waals surface area contributed by atoms with Crippen LogP contribution in [0.15, 0.2) is 12.4 Å². The van der Waals surface area contributed by atoms with Crippen LogP contribution in [0.2, 0.25) is 0 Å². The van der Waals surface area contributed by atoms with E-state index in [4.69, 9.17) is 10.8 Å². The molecule has 0 unspecified atom stereocenters. The molecule has 4 N–H and O–H groups in total. The predicted molar refractivity (Wildman–Crippen MR) is 63.9 cm³/mol. The minimum absolute atomic E-state index is 0.00407. The minimum atomic E-state index is -0.883. The number of amides is 1. The Morgan fingerprint density at radius 3 is 2.83 bits per heavy atom. The molecular weight excluding hydrogens is 236 g/mol. The number of nitrogens with two attached hydrogens (primary N) is 1. The van der Waals surface area contributed by atoms with Crippen LogP contribution in [0.4, 0.5) is 5.69 Å². The largest absolute Gasteiger partial charge is 0.481 e. The summed E-state index contributed by atoms with van der Waals surface area (Å²) >= 11 is 0. The molecule has 0 aromatic carbocycles. The maximum absolute atomic E-state index is 11.8. The average molecular weight is 252 g/mol. The fourth-order valence-electron chi connectivity index (χ4n) is 1.80. The fourth-order valence-corrected chi connectivity index (χ4v) is 1.80. The molecule has 98 valence electrons. The molecule has 1 aromatic rings. The Hall–Kier alpha value is -1.89. The summed E-state index contributed by atoms with van der Waals surface area (Å²) in [6, 6.07) is 0. The zero-order valence-corrected chi connectivity index (χ0v) is 9.93. The zero-order chi connectivity index (χ0) is 13.2. The van der Waals surface area contributed by atoms with Crippen molar-refractivity contribution in [2.45, 2.75) is 37.8 Å². The summed E-state index contributed by atoms with van der Waals surface area (Å²) in [5.41, 5.74) is 5.68. The number of aromatic nitrogens is 2. The van der Waals surface area contributed by atoms with Crippen molar-refractivity contribution in [3.8, 4) is 0 Å². The summed E-state index contributed by atoms with van der Waals surface area (Å²) in [6.07, 6.45) is 5.46. The Morgan fingerprint density at radius 2 is 2.28 bits per heavy atom. The van der Waals surface area contributed by atoms with Crippen molar-refractivity contribution in [2.24, 2.45) is 5.73 Å². The van der Waals surface area contributed by atoms with Crippen LogP contribution in [0.3, 0.4) is 0 Å². The number of carboxylic acids is 1. The lowest BCUT2D eigenvalue weighted by atomic mass is 9.77. The Balaban J connectivity index is 1.90. The number of hydrogen-bond donors (Lipinski definition) is 3. The molecule has 7 heteroatoms. The van der Waals surface area contributed by atoms with Gasteiger partial charge in [-0.2, -0.15) is 5.10 Å². The van der Waals surface area contributed by atoms with E-state index in [0.29, 0.717) is 18.5 Å². The fraction of sp³-hybridized carbons (Fsp3) is 0.545. The highest BCUT2D eigenvalue weighted by atomic mass is 16.4. The molecule has 1 fully saturated rings. The average Bonchev–Trinajstić information content (AvgIpc) is 2.70. The highest BCUT2D eigenvalue weighted by Crippen LogP contribution is 2.30. The van der Waals surface area contributed by atoms with Crippen LogP contribution in [0.5, 0.6) is 0 Å². The third-order valence-electron chi connectivity index (χ3n) is 3.14. The molecule has 7 nitrogen and oxygen atoms in total. The first-order valence-corrected chi connectivity index (χ1v) is 5.84. The van der Waals surface area contributed by atoms with Crippen molar-refractivity contribution in [3.05, 3.63) is 12.4 Å². The summed E-state index contributed by atoms with van der Waals surface area (Å²) in [6.45, 7) is 0.277. The topological polar surface area (TPSA) is 110 Å². The van der Waals surface area contributed by atoms with E-state index in [-0.39, 0.29) is 18.9 Å². The number of nitrogens with zero attached hydrogens (tertiary/aromatic N) is 2. The van der Waals surface area contributed by atoms with E-state index in [1.807, 2.05) is 0 Å². The van der Waals surface area contributed by atoms with Crippen LogP contribution in [0, 0.1) is 0 Å². The molecule has 1 aliphatic rings. The molecule has 1 heterocycles. The molecule has 1 amide bonds. The molecule has 1 saturated carbocycles. The number of carbonyl (C=O) groups excluding carboxylic acids is 1. The van der Waals surface area contributed by atoms with Gasteiger partial charge in [-0.1, -0.05) is 0 Å². The van der Waals surface area contributed by atoms with Crippen molar-refractivity contribution in [3.63, 3.8) is 0 Å². The van der Waals surface area contributed by atoms with Gasteiger partial charge >= 0.3 is 5.97 Å². The molecule has 0 radical (unpaired) electrons. The number of anilines is 1. The van der Waals surface area contributed by atoms with Crippen molar-refractivity contribution >= 4 is 17.6 Å². The van der Waals surface area contributed by atoms with Crippen molar-refractivity contribution < 1.29 is 14.7 Å². The number of carbonyl (C=O) groups is 2. The van der Waals surface area contributed by atoms with E-state index < -0.39 is 11.5 Å². The molecule has 1 aromatic heterocycles. The van der Waals surface area contributed by atoms with Gasteiger partial charge in [0.25, 0.3) is 0 Å². The van der Waals surface area contributed by atoms with Gasteiger partial charge in [0, 0.05) is 6.20 Å². The monoisotopic (exact) mass is 252 g/mol. The van der Waals surface area contributed by atoms with E-state index in [9.17, 15) is 9.59 Å². The molecule has 18 heavy (non-hydrogen) atoms. The second kappa shape index (κ2) is 4.77. The normalized spacial score (nSPS) is 16.9. The van der Waals surface area contributed by atoms with Crippen LogP contribution in [0.1, 0.15) is 25.7 Å². The summed E-state index contributed by atoms with van der Waals surface area (Å²) in [4.78, 5) is 22.2. The Labute approximate surface area is 104 Å². The zero-order valence-electron chi connectivity index (χ0n) is 9.93. The maximum atomic E-state index is 11.8. The van der Waals surface area contributed by atoms with Gasteiger partial charge in [0.15, 0.2) is 0 Å². The first-order chi connectivity index (χ1) is 8.49. The number of rotatable bonds is 5. The first kappa shape index (κ1) is 12.6. The lowest BCUT2D eigenvalue weighted by molar-refractivity contribution is -0.137.